The molecule has 0 atom stereocenters. The molecule has 6 aromatic rings. The Morgan fingerprint density at radius 1 is 0.861 bits per heavy atom. The van der Waals surface area contributed by atoms with E-state index >= 15 is 0 Å². The molecular weight excluding hydrogens is 446 g/mol. The molecule has 176 valence electrons. The first-order chi connectivity index (χ1) is 17.6. The van der Waals surface area contributed by atoms with Crippen LogP contribution in [0.25, 0.3) is 55.6 Å². The van der Waals surface area contributed by atoms with E-state index in [4.69, 9.17) is 0 Å². The molecule has 0 fully saturated rings. The minimum Gasteiger partial charge on any atom is -0.358 e. The first kappa shape index (κ1) is 21.7. The number of nitrogens with zero attached hydrogens (tertiary/aromatic N) is 4. The van der Waals surface area contributed by atoms with Gasteiger partial charge in [0.2, 0.25) is 0 Å². The fourth-order valence-electron chi connectivity index (χ4n) is 4.33. The monoisotopic (exact) mass is 471 g/mol. The first-order valence-electron chi connectivity index (χ1n) is 11.8. The second-order valence-electron chi connectivity index (χ2n) is 9.14. The molecule has 0 bridgehead atoms. The fraction of sp³-hybridized carbons (Fsp3) is 0.103. The highest BCUT2D eigenvalue weighted by molar-refractivity contribution is 6.00. The lowest BCUT2D eigenvalue weighted by atomic mass is 10.0. The van der Waals surface area contributed by atoms with Gasteiger partial charge < -0.3 is 10.3 Å². The fourth-order valence-corrected chi connectivity index (χ4v) is 4.33. The van der Waals surface area contributed by atoms with Crippen LogP contribution in [0.3, 0.4) is 0 Å². The van der Waals surface area contributed by atoms with Crippen molar-refractivity contribution in [3.63, 3.8) is 0 Å². The molecule has 3 N–H and O–H groups in total. The van der Waals surface area contributed by atoms with Crippen molar-refractivity contribution in [1.29, 1.82) is 0 Å². The summed E-state index contributed by atoms with van der Waals surface area (Å²) in [5.41, 5.74) is 9.69. The average molecular weight is 472 g/mol. The molecule has 1 aromatic carbocycles. The minimum absolute atomic E-state index is 0.336. The minimum atomic E-state index is 0.336. The zero-order chi connectivity index (χ0) is 24.6. The highest BCUT2D eigenvalue weighted by atomic mass is 15.1. The summed E-state index contributed by atoms with van der Waals surface area (Å²) in [5.74, 6) is 0.336. The number of hydrogen-bond donors (Lipinski definition) is 3. The van der Waals surface area contributed by atoms with E-state index in [9.17, 15) is 0 Å². The van der Waals surface area contributed by atoms with Crippen LogP contribution in [0.4, 0.5) is 5.69 Å². The lowest BCUT2D eigenvalue weighted by Gasteiger charge is -2.13. The third-order valence-electron chi connectivity index (χ3n) is 6.41. The molecule has 0 aliphatic heterocycles. The number of allylic oxidation sites excluding steroid dienone is 1. The van der Waals surface area contributed by atoms with Gasteiger partial charge in [-0.3, -0.25) is 15.1 Å². The highest BCUT2D eigenvalue weighted by Crippen LogP contribution is 2.34. The lowest BCUT2D eigenvalue weighted by molar-refractivity contribution is 0.778. The maximum Gasteiger partial charge on any atom is 0.138 e. The van der Waals surface area contributed by atoms with Gasteiger partial charge in [0.15, 0.2) is 0 Å². The number of aromatic nitrogens is 6. The zero-order valence-corrected chi connectivity index (χ0v) is 20.1. The van der Waals surface area contributed by atoms with Gasteiger partial charge in [-0.25, -0.2) is 4.98 Å². The van der Waals surface area contributed by atoms with Crippen molar-refractivity contribution in [1.82, 2.24) is 30.1 Å². The molecule has 0 radical (unpaired) electrons. The molecule has 7 heteroatoms. The van der Waals surface area contributed by atoms with Gasteiger partial charge in [0.05, 0.1) is 23.1 Å². The molecule has 0 saturated carbocycles. The second-order valence-corrected chi connectivity index (χ2v) is 9.14. The number of pyridine rings is 3. The predicted octanol–water partition coefficient (Wildman–Crippen LogP) is 6.81. The maximum atomic E-state index is 4.64. The molecule has 0 unspecified atom stereocenters. The van der Waals surface area contributed by atoms with Crippen LogP contribution in [0.15, 0.2) is 91.8 Å². The van der Waals surface area contributed by atoms with E-state index < -0.39 is 0 Å². The van der Waals surface area contributed by atoms with Gasteiger partial charge >= 0.3 is 0 Å². The summed E-state index contributed by atoms with van der Waals surface area (Å²) in [7, 11) is 0. The van der Waals surface area contributed by atoms with E-state index in [1.807, 2.05) is 36.8 Å². The first-order valence-corrected chi connectivity index (χ1v) is 11.8. The molecule has 0 aliphatic carbocycles. The van der Waals surface area contributed by atoms with E-state index in [0.29, 0.717) is 5.92 Å². The van der Waals surface area contributed by atoms with Crippen molar-refractivity contribution < 1.29 is 0 Å². The number of hydrogen-bond acceptors (Lipinski definition) is 5. The van der Waals surface area contributed by atoms with Crippen LogP contribution < -0.4 is 5.32 Å². The van der Waals surface area contributed by atoms with Crippen LogP contribution in [0, 0.1) is 5.92 Å². The third kappa shape index (κ3) is 3.90. The van der Waals surface area contributed by atoms with Crippen LogP contribution in [0.2, 0.25) is 0 Å². The van der Waals surface area contributed by atoms with Crippen molar-refractivity contribution in [2.45, 2.75) is 13.8 Å². The molecule has 5 heterocycles. The molecule has 7 nitrogen and oxygen atoms in total. The Bertz CT molecular complexity index is 1710. The lowest BCUT2D eigenvalue weighted by Crippen LogP contribution is -2.04. The van der Waals surface area contributed by atoms with Crippen molar-refractivity contribution in [2.75, 3.05) is 5.32 Å². The summed E-state index contributed by atoms with van der Waals surface area (Å²) >= 11 is 0. The van der Waals surface area contributed by atoms with E-state index in [-0.39, 0.29) is 0 Å². The maximum absolute atomic E-state index is 4.64. The topological polar surface area (TPSA) is 95.2 Å². The van der Waals surface area contributed by atoms with Gasteiger partial charge in [0.25, 0.3) is 0 Å². The third-order valence-corrected chi connectivity index (χ3v) is 6.41. The quantitative estimate of drug-likeness (QED) is 0.248. The molecule has 0 spiro atoms. The molecule has 0 aliphatic rings. The van der Waals surface area contributed by atoms with Gasteiger partial charge in [-0.15, -0.1) is 0 Å². The van der Waals surface area contributed by atoms with Crippen LogP contribution in [0.5, 0.6) is 0 Å². The number of nitrogens with one attached hydrogen (secondary N) is 3. The second kappa shape index (κ2) is 8.78. The van der Waals surface area contributed by atoms with Crippen molar-refractivity contribution in [3.05, 3.63) is 91.8 Å². The van der Waals surface area contributed by atoms with E-state index in [1.165, 1.54) is 0 Å². The number of fused-ring (bicyclic) bond motifs is 2. The Kier molecular flexibility index (Phi) is 5.30. The summed E-state index contributed by atoms with van der Waals surface area (Å²) in [5, 5.41) is 13.2. The zero-order valence-electron chi connectivity index (χ0n) is 20.1. The summed E-state index contributed by atoms with van der Waals surface area (Å²) in [4.78, 5) is 16.6. The normalized spacial score (nSPS) is 11.4. The Hall–Kier alpha value is -4.78. The summed E-state index contributed by atoms with van der Waals surface area (Å²) in [6.45, 7) is 8.33. The van der Waals surface area contributed by atoms with Gasteiger partial charge in [-0.1, -0.05) is 26.5 Å². The number of aromatic amines is 2. The average Bonchev–Trinajstić information content (AvgIpc) is 3.53. The standard InChI is InChI=1S/C29H25N7/c1-17(2)18(3)33-22-12-21(15-31-16-22)20-4-5-26-25(13-20)28(36-35-26)27-14-24-23(8-11-32-29(24)34-27)19-6-9-30-10-7-19/h4-17,33H,3H2,1-2H3,(H,32,34)(H,35,36). The van der Waals surface area contributed by atoms with Crippen molar-refractivity contribution in [2.24, 2.45) is 5.92 Å². The predicted molar refractivity (Wildman–Crippen MR) is 145 cm³/mol. The van der Waals surface area contributed by atoms with Gasteiger partial charge in [-0.2, -0.15) is 5.10 Å². The van der Waals surface area contributed by atoms with Crippen LogP contribution in [-0.4, -0.2) is 30.1 Å². The van der Waals surface area contributed by atoms with Gasteiger partial charge in [0, 0.05) is 46.8 Å². The van der Waals surface area contributed by atoms with E-state index in [1.54, 1.807) is 12.4 Å². The summed E-state index contributed by atoms with van der Waals surface area (Å²) in [6, 6.07) is 16.5. The summed E-state index contributed by atoms with van der Waals surface area (Å²) < 4.78 is 0. The number of rotatable bonds is 6. The van der Waals surface area contributed by atoms with Gasteiger partial charge in [0.1, 0.15) is 11.3 Å². The Morgan fingerprint density at radius 2 is 1.72 bits per heavy atom. The SMILES string of the molecule is C=C(Nc1cncc(-c2ccc3[nH]nc(-c4cc5c(-c6ccncc6)ccnc5[nH]4)c3c2)c1)C(C)C. The van der Waals surface area contributed by atoms with E-state index in [0.717, 1.165) is 67.0 Å². The molecule has 0 saturated heterocycles. The van der Waals surface area contributed by atoms with E-state index in [2.05, 4.69) is 86.2 Å². The van der Waals surface area contributed by atoms with Crippen LogP contribution >= 0.6 is 0 Å². The smallest absolute Gasteiger partial charge is 0.138 e. The number of H-pyrrole nitrogens is 2. The largest absolute Gasteiger partial charge is 0.358 e. The number of anilines is 1. The molecule has 5 aromatic heterocycles. The molecular formula is C29H25N7. The highest BCUT2D eigenvalue weighted by Gasteiger charge is 2.15. The molecule has 6 rings (SSSR count). The number of benzene rings is 1. The van der Waals surface area contributed by atoms with Gasteiger partial charge in [-0.05, 0) is 65.1 Å². The molecule has 0 amide bonds. The Morgan fingerprint density at radius 3 is 2.56 bits per heavy atom. The van der Waals surface area contributed by atoms with Crippen LogP contribution in [0.1, 0.15) is 13.8 Å². The Labute approximate surface area is 208 Å². The van der Waals surface area contributed by atoms with Crippen molar-refractivity contribution in [3.8, 4) is 33.6 Å². The van der Waals surface area contributed by atoms with Crippen LogP contribution in [-0.2, 0) is 0 Å². The van der Waals surface area contributed by atoms with Crippen molar-refractivity contribution >= 4 is 27.6 Å². The molecule has 36 heavy (non-hydrogen) atoms. The summed E-state index contributed by atoms with van der Waals surface area (Å²) in [6.07, 6.45) is 9.11. The Balaban J connectivity index is 1.41.